The summed E-state index contributed by atoms with van der Waals surface area (Å²) in [5, 5.41) is 3.87. The fraction of sp³-hybridized carbons (Fsp3) is 0.227. The Kier molecular flexibility index (Phi) is 5.50. The van der Waals surface area contributed by atoms with E-state index in [1.165, 1.54) is 23.4 Å². The molecule has 0 radical (unpaired) electrons. The van der Waals surface area contributed by atoms with E-state index in [-0.39, 0.29) is 11.2 Å². The highest BCUT2D eigenvalue weighted by Gasteiger charge is 2.30. The van der Waals surface area contributed by atoms with Crippen molar-refractivity contribution in [3.63, 3.8) is 0 Å². The molecule has 2 aromatic carbocycles. The summed E-state index contributed by atoms with van der Waals surface area (Å²) in [5.41, 5.74) is 1.74. The van der Waals surface area contributed by atoms with Gasteiger partial charge in [-0.1, -0.05) is 54.2 Å². The summed E-state index contributed by atoms with van der Waals surface area (Å²) in [4.78, 5) is 30.3. The molecule has 0 fully saturated rings. The number of benzene rings is 2. The zero-order chi connectivity index (χ0) is 21.3. The molecule has 8 heteroatoms. The van der Waals surface area contributed by atoms with E-state index < -0.39 is 6.04 Å². The summed E-state index contributed by atoms with van der Waals surface area (Å²) in [7, 11) is 4.75. The zero-order valence-corrected chi connectivity index (χ0v) is 17.8. The molecular weight excluding hydrogens is 400 g/mol. The van der Waals surface area contributed by atoms with E-state index >= 15 is 0 Å². The molecule has 1 atom stereocenters. The van der Waals surface area contributed by atoms with Gasteiger partial charge in [0.1, 0.15) is 17.6 Å². The van der Waals surface area contributed by atoms with Crippen molar-refractivity contribution in [2.45, 2.75) is 11.8 Å². The second-order valence-corrected chi connectivity index (χ2v) is 7.94. The maximum atomic E-state index is 13.0. The van der Waals surface area contributed by atoms with Crippen molar-refractivity contribution in [1.82, 2.24) is 9.13 Å². The summed E-state index contributed by atoms with van der Waals surface area (Å²) in [6.07, 6.45) is 0. The maximum absolute atomic E-state index is 13.0. The first-order chi connectivity index (χ1) is 14.5. The summed E-state index contributed by atoms with van der Waals surface area (Å²) < 4.78 is 7.83. The van der Waals surface area contributed by atoms with Gasteiger partial charge in [0.05, 0.1) is 12.7 Å². The number of hydrogen-bond acceptors (Lipinski definition) is 6. The lowest BCUT2D eigenvalue weighted by atomic mass is 9.99. The molecule has 154 valence electrons. The fourth-order valence-corrected chi connectivity index (χ4v) is 4.25. The summed E-state index contributed by atoms with van der Waals surface area (Å²) in [6, 6.07) is 17.0. The van der Waals surface area contributed by atoms with Crippen LogP contribution in [0.5, 0.6) is 5.75 Å². The fourth-order valence-electron chi connectivity index (χ4n) is 3.41. The van der Waals surface area contributed by atoms with Crippen molar-refractivity contribution >= 4 is 22.7 Å². The average molecular weight is 423 g/mol. The first-order valence-electron chi connectivity index (χ1n) is 9.45. The Balaban J connectivity index is 1.79. The predicted octanol–water partition coefficient (Wildman–Crippen LogP) is 2.90. The van der Waals surface area contributed by atoms with E-state index in [2.05, 4.69) is 17.4 Å². The molecule has 2 heterocycles. The molecule has 1 N–H and O–H groups in total. The third-order valence-corrected chi connectivity index (χ3v) is 6.05. The van der Waals surface area contributed by atoms with E-state index in [0.29, 0.717) is 16.5 Å². The van der Waals surface area contributed by atoms with Crippen molar-refractivity contribution in [1.29, 1.82) is 0 Å². The van der Waals surface area contributed by atoms with Crippen LogP contribution in [0.4, 0.5) is 5.82 Å². The Morgan fingerprint density at radius 2 is 1.73 bits per heavy atom. The highest BCUT2D eigenvalue weighted by atomic mass is 32.2. The number of aromatic nitrogens is 2. The Hall–Kier alpha value is -3.26. The molecule has 1 aliphatic heterocycles. The smallest absolute Gasteiger partial charge is 0.332 e. The van der Waals surface area contributed by atoms with Gasteiger partial charge in [-0.05, 0) is 23.3 Å². The molecule has 0 amide bonds. The van der Waals surface area contributed by atoms with Crippen LogP contribution in [0.25, 0.3) is 0 Å². The molecule has 0 aliphatic carbocycles. The number of methoxy groups -OCH3 is 1. The van der Waals surface area contributed by atoms with Gasteiger partial charge in [0.2, 0.25) is 0 Å². The molecule has 4 rings (SSSR count). The molecule has 7 nitrogen and oxygen atoms in total. The number of thioether (sulfide) groups is 1. The first-order valence-corrected chi connectivity index (χ1v) is 10.4. The Bertz CT molecular complexity index is 1210. The van der Waals surface area contributed by atoms with Gasteiger partial charge in [-0.3, -0.25) is 13.9 Å². The van der Waals surface area contributed by atoms with Crippen molar-refractivity contribution in [3.05, 3.63) is 92.1 Å². The van der Waals surface area contributed by atoms with Gasteiger partial charge in [-0.25, -0.2) is 9.79 Å². The Labute approximate surface area is 178 Å². The Morgan fingerprint density at radius 1 is 1.03 bits per heavy atom. The second-order valence-electron chi connectivity index (χ2n) is 6.98. The Morgan fingerprint density at radius 3 is 2.40 bits per heavy atom. The number of nitrogens with one attached hydrogen (secondary N) is 1. The van der Waals surface area contributed by atoms with Gasteiger partial charge in [0.15, 0.2) is 5.17 Å². The van der Waals surface area contributed by atoms with Crippen LogP contribution in [-0.4, -0.2) is 21.4 Å². The largest absolute Gasteiger partial charge is 0.497 e. The lowest BCUT2D eigenvalue weighted by molar-refractivity contribution is 0.414. The van der Waals surface area contributed by atoms with E-state index in [9.17, 15) is 9.59 Å². The van der Waals surface area contributed by atoms with E-state index in [1.54, 1.807) is 14.2 Å². The number of nitrogens with zero attached hydrogens (tertiary/aromatic N) is 3. The van der Waals surface area contributed by atoms with Crippen LogP contribution in [0.1, 0.15) is 22.7 Å². The van der Waals surface area contributed by atoms with E-state index in [4.69, 9.17) is 9.73 Å². The van der Waals surface area contributed by atoms with Gasteiger partial charge in [-0.2, -0.15) is 0 Å². The summed E-state index contributed by atoms with van der Waals surface area (Å²) in [6.45, 7) is 0. The number of fused-ring (bicyclic) bond motifs is 1. The molecule has 1 aromatic heterocycles. The van der Waals surface area contributed by atoms with Crippen molar-refractivity contribution in [3.8, 4) is 5.75 Å². The third-order valence-electron chi connectivity index (χ3n) is 5.09. The summed E-state index contributed by atoms with van der Waals surface area (Å²) in [5.74, 6) is 1.93. The molecular formula is C22H22N4O3S. The quantitative estimate of drug-likeness (QED) is 0.700. The molecule has 30 heavy (non-hydrogen) atoms. The van der Waals surface area contributed by atoms with Crippen LogP contribution < -0.4 is 21.3 Å². The summed E-state index contributed by atoms with van der Waals surface area (Å²) >= 11 is 1.53. The average Bonchev–Trinajstić information content (AvgIpc) is 2.80. The SMILES string of the molecule is COc1ccc(C2N=C(SCc3ccccc3)Nc3c2c(=O)n(C)c(=O)n3C)cc1. The second kappa shape index (κ2) is 8.23. The number of rotatable bonds is 4. The highest BCUT2D eigenvalue weighted by Crippen LogP contribution is 2.34. The van der Waals surface area contributed by atoms with Crippen LogP contribution in [0.15, 0.2) is 69.2 Å². The highest BCUT2D eigenvalue weighted by molar-refractivity contribution is 8.13. The number of hydrogen-bond donors (Lipinski definition) is 1. The van der Waals surface area contributed by atoms with Crippen LogP contribution >= 0.6 is 11.8 Å². The maximum Gasteiger partial charge on any atom is 0.332 e. The monoisotopic (exact) mass is 422 g/mol. The number of anilines is 1. The van der Waals surface area contributed by atoms with Crippen molar-refractivity contribution in [2.24, 2.45) is 19.1 Å². The molecule has 0 spiro atoms. The molecule has 1 unspecified atom stereocenters. The minimum atomic E-state index is -0.518. The minimum Gasteiger partial charge on any atom is -0.497 e. The topological polar surface area (TPSA) is 77.6 Å². The molecule has 0 bridgehead atoms. The number of amidine groups is 1. The van der Waals surface area contributed by atoms with Crippen LogP contribution in [-0.2, 0) is 19.8 Å². The van der Waals surface area contributed by atoms with Crippen molar-refractivity contribution < 1.29 is 4.74 Å². The van der Waals surface area contributed by atoms with E-state index in [1.807, 2.05) is 42.5 Å². The molecule has 0 saturated heterocycles. The lowest BCUT2D eigenvalue weighted by Crippen LogP contribution is -2.43. The van der Waals surface area contributed by atoms with Crippen LogP contribution in [0.2, 0.25) is 0 Å². The molecule has 1 aliphatic rings. The van der Waals surface area contributed by atoms with Gasteiger partial charge in [0, 0.05) is 19.8 Å². The number of ether oxygens (including phenoxy) is 1. The number of aliphatic imine (C=N–C) groups is 1. The third kappa shape index (κ3) is 3.66. The van der Waals surface area contributed by atoms with Gasteiger partial charge in [0.25, 0.3) is 5.56 Å². The normalized spacial score (nSPS) is 15.2. The minimum absolute atomic E-state index is 0.350. The van der Waals surface area contributed by atoms with Gasteiger partial charge >= 0.3 is 5.69 Å². The zero-order valence-electron chi connectivity index (χ0n) is 17.0. The predicted molar refractivity (Wildman–Crippen MR) is 121 cm³/mol. The lowest BCUT2D eigenvalue weighted by Gasteiger charge is -2.26. The standard InChI is InChI=1S/C22H22N4O3S/c1-25-19-17(20(27)26(2)22(25)28)18(15-9-11-16(29-3)12-10-15)23-21(24-19)30-13-14-7-5-4-6-8-14/h4-12,18H,13H2,1-3H3,(H,23,24). The van der Waals surface area contributed by atoms with Crippen molar-refractivity contribution in [2.75, 3.05) is 12.4 Å². The van der Waals surface area contributed by atoms with Crippen LogP contribution in [0, 0.1) is 0 Å². The van der Waals surface area contributed by atoms with Crippen LogP contribution in [0.3, 0.4) is 0 Å². The van der Waals surface area contributed by atoms with Gasteiger partial charge < -0.3 is 10.1 Å². The molecule has 3 aromatic rings. The molecule has 0 saturated carbocycles. The van der Waals surface area contributed by atoms with E-state index in [0.717, 1.165) is 27.2 Å². The van der Waals surface area contributed by atoms with Gasteiger partial charge in [-0.15, -0.1) is 0 Å². The first kappa shape index (κ1) is 20.0.